The van der Waals surface area contributed by atoms with E-state index in [1.165, 1.54) is 5.56 Å². The summed E-state index contributed by atoms with van der Waals surface area (Å²) in [5.41, 5.74) is 2.26. The second-order valence-corrected chi connectivity index (χ2v) is 9.51. The van der Waals surface area contributed by atoms with Gasteiger partial charge in [-0.1, -0.05) is 47.3 Å². The van der Waals surface area contributed by atoms with Gasteiger partial charge >= 0.3 is 11.9 Å². The molecule has 0 heterocycles. The zero-order valence-corrected chi connectivity index (χ0v) is 24.3. The number of nitrogens with zero attached hydrogens (tertiary/aromatic N) is 2. The number of nitrogens with one attached hydrogen (secondary N) is 2. The first kappa shape index (κ1) is 38.0. The maximum Gasteiger partial charge on any atom is 0.320 e. The lowest BCUT2D eigenvalue weighted by Crippen LogP contribution is -2.42. The van der Waals surface area contributed by atoms with Crippen molar-refractivity contribution < 1.29 is 19.8 Å². The van der Waals surface area contributed by atoms with Crippen LogP contribution in [0.25, 0.3) is 0 Å². The molecule has 0 aliphatic rings. The monoisotopic (exact) mass is 538 g/mol. The molecule has 0 radical (unpaired) electrons. The number of carboxylic acid groups (broad SMARTS) is 2. The number of benzene rings is 1. The Morgan fingerprint density at radius 3 is 1.53 bits per heavy atom. The van der Waals surface area contributed by atoms with Crippen LogP contribution >= 0.6 is 0 Å². The van der Waals surface area contributed by atoms with Gasteiger partial charge in [-0.25, -0.2) is 0 Å². The van der Waals surface area contributed by atoms with Crippen LogP contribution in [-0.4, -0.2) is 90.9 Å². The van der Waals surface area contributed by atoms with E-state index in [0.717, 1.165) is 83.4 Å². The van der Waals surface area contributed by atoms with Gasteiger partial charge in [0.25, 0.3) is 0 Å². The summed E-state index contributed by atoms with van der Waals surface area (Å²) in [5.74, 6) is -1.39. The lowest BCUT2D eigenvalue weighted by atomic mass is 10.0. The number of rotatable bonds is 20. The van der Waals surface area contributed by atoms with E-state index in [1.54, 1.807) is 0 Å². The van der Waals surface area contributed by atoms with Gasteiger partial charge in [-0.3, -0.25) is 19.4 Å². The molecule has 2 unspecified atom stereocenters. The van der Waals surface area contributed by atoms with E-state index in [1.807, 2.05) is 26.2 Å². The van der Waals surface area contributed by atoms with Crippen molar-refractivity contribution in [1.29, 1.82) is 0 Å². The minimum absolute atomic E-state index is 0. The van der Waals surface area contributed by atoms with Crippen LogP contribution in [-0.2, 0) is 16.0 Å². The highest BCUT2D eigenvalue weighted by Gasteiger charge is 2.24. The number of anilines is 1. The topological polar surface area (TPSA) is 105 Å². The van der Waals surface area contributed by atoms with Gasteiger partial charge in [0.2, 0.25) is 0 Å². The molecule has 0 aliphatic carbocycles. The third-order valence-corrected chi connectivity index (χ3v) is 6.35. The molecular weight excluding hydrogens is 480 g/mol. The van der Waals surface area contributed by atoms with E-state index >= 15 is 0 Å². The predicted octanol–water partition coefficient (Wildman–Crippen LogP) is 5.43. The summed E-state index contributed by atoms with van der Waals surface area (Å²) in [6.45, 7) is 12.7. The normalized spacial score (nSPS) is 12.3. The summed E-state index contributed by atoms with van der Waals surface area (Å²) in [4.78, 5) is 27.0. The van der Waals surface area contributed by atoms with Crippen LogP contribution in [0.2, 0.25) is 0 Å². The fraction of sp³-hybridized carbons (Fsp3) is 0.733. The smallest absolute Gasteiger partial charge is 0.320 e. The lowest BCUT2D eigenvalue weighted by molar-refractivity contribution is -0.144. The molecule has 1 rings (SSSR count). The summed E-state index contributed by atoms with van der Waals surface area (Å²) in [6.07, 6.45) is 7.10. The van der Waals surface area contributed by atoms with Crippen molar-refractivity contribution in [2.75, 3.05) is 52.1 Å². The first-order chi connectivity index (χ1) is 17.8. The molecule has 0 saturated heterocycles. The highest BCUT2D eigenvalue weighted by Crippen LogP contribution is 2.15. The van der Waals surface area contributed by atoms with Crippen LogP contribution in [0, 0.1) is 0 Å². The molecule has 1 aromatic rings. The Morgan fingerprint density at radius 2 is 1.18 bits per heavy atom. The molecule has 8 nitrogen and oxygen atoms in total. The van der Waals surface area contributed by atoms with Crippen molar-refractivity contribution in [2.24, 2.45) is 0 Å². The molecule has 0 aliphatic heterocycles. The second-order valence-electron chi connectivity index (χ2n) is 9.51. The van der Waals surface area contributed by atoms with Gasteiger partial charge in [0.15, 0.2) is 0 Å². The molecule has 0 amide bonds. The third kappa shape index (κ3) is 15.9. The minimum Gasteiger partial charge on any atom is -0.480 e. The Morgan fingerprint density at radius 1 is 0.763 bits per heavy atom. The Labute approximate surface area is 233 Å². The van der Waals surface area contributed by atoms with Gasteiger partial charge in [-0.2, -0.15) is 0 Å². The van der Waals surface area contributed by atoms with Crippen molar-refractivity contribution in [2.45, 2.75) is 98.6 Å². The molecule has 4 N–H and O–H groups in total. The zero-order valence-electron chi connectivity index (χ0n) is 24.3. The first-order valence-electron chi connectivity index (χ1n) is 14.1. The Kier molecular flexibility index (Phi) is 23.9. The number of carbonyl (C=O) groups is 2. The molecule has 8 heteroatoms. The summed E-state index contributed by atoms with van der Waals surface area (Å²) in [7, 11) is 3.79. The average Bonchev–Trinajstić information content (AvgIpc) is 2.87. The summed E-state index contributed by atoms with van der Waals surface area (Å²) in [6, 6.07) is 7.49. The van der Waals surface area contributed by atoms with Crippen LogP contribution in [0.15, 0.2) is 24.3 Å². The Bertz CT molecular complexity index is 703. The van der Waals surface area contributed by atoms with E-state index in [-0.39, 0.29) is 19.5 Å². The SMILES string of the molecule is C.CCCN(CCC)C(CCCNC)C(=O)O.CCCN(CCC)C(CCc1ccc(NC)cc1)C(=O)O. The second kappa shape index (κ2) is 23.9. The van der Waals surface area contributed by atoms with Crippen molar-refractivity contribution in [3.63, 3.8) is 0 Å². The fourth-order valence-electron chi connectivity index (χ4n) is 4.53. The van der Waals surface area contributed by atoms with Gasteiger partial charge < -0.3 is 20.8 Å². The summed E-state index contributed by atoms with van der Waals surface area (Å²) >= 11 is 0. The van der Waals surface area contributed by atoms with E-state index in [0.29, 0.717) is 6.42 Å². The van der Waals surface area contributed by atoms with Gasteiger partial charge in [0, 0.05) is 12.7 Å². The number of hydrogen-bond donors (Lipinski definition) is 4. The Balaban J connectivity index is 0. The summed E-state index contributed by atoms with van der Waals surface area (Å²) < 4.78 is 0. The molecule has 0 saturated carbocycles. The molecule has 2 atom stereocenters. The van der Waals surface area contributed by atoms with Crippen LogP contribution in [0.3, 0.4) is 0 Å². The molecule has 0 spiro atoms. The zero-order chi connectivity index (χ0) is 28.1. The fourth-order valence-corrected chi connectivity index (χ4v) is 4.53. The number of aryl methyl sites for hydroxylation is 1. The van der Waals surface area contributed by atoms with Gasteiger partial charge in [0.05, 0.1) is 0 Å². The largest absolute Gasteiger partial charge is 0.480 e. The molecular formula is C30H58N4O4. The van der Waals surface area contributed by atoms with E-state index in [9.17, 15) is 19.8 Å². The van der Waals surface area contributed by atoms with Crippen LogP contribution in [0.1, 0.15) is 85.6 Å². The average molecular weight is 539 g/mol. The molecule has 38 heavy (non-hydrogen) atoms. The van der Waals surface area contributed by atoms with E-state index in [4.69, 9.17) is 0 Å². The minimum atomic E-state index is -0.705. The number of aliphatic carboxylic acids is 2. The molecule has 0 aromatic heterocycles. The number of carboxylic acids is 2. The molecule has 0 fully saturated rings. The van der Waals surface area contributed by atoms with E-state index in [2.05, 4.69) is 60.3 Å². The van der Waals surface area contributed by atoms with Crippen LogP contribution in [0.5, 0.6) is 0 Å². The van der Waals surface area contributed by atoms with Crippen molar-refractivity contribution in [3.05, 3.63) is 29.8 Å². The van der Waals surface area contributed by atoms with Crippen LogP contribution in [0.4, 0.5) is 5.69 Å². The highest BCUT2D eigenvalue weighted by atomic mass is 16.4. The highest BCUT2D eigenvalue weighted by molar-refractivity contribution is 5.73. The molecule has 222 valence electrons. The maximum atomic E-state index is 11.6. The van der Waals surface area contributed by atoms with Crippen molar-refractivity contribution >= 4 is 17.6 Å². The Hall–Kier alpha value is -2.16. The first-order valence-corrected chi connectivity index (χ1v) is 14.1. The van der Waals surface area contributed by atoms with Crippen molar-refractivity contribution in [3.8, 4) is 0 Å². The van der Waals surface area contributed by atoms with Crippen molar-refractivity contribution in [1.82, 2.24) is 15.1 Å². The van der Waals surface area contributed by atoms with Crippen LogP contribution < -0.4 is 10.6 Å². The maximum absolute atomic E-state index is 11.6. The van der Waals surface area contributed by atoms with Gasteiger partial charge in [0.1, 0.15) is 12.1 Å². The van der Waals surface area contributed by atoms with E-state index < -0.39 is 11.9 Å². The predicted molar refractivity (Wildman–Crippen MR) is 161 cm³/mol. The molecule has 1 aromatic carbocycles. The molecule has 0 bridgehead atoms. The third-order valence-electron chi connectivity index (χ3n) is 6.35. The quantitative estimate of drug-likeness (QED) is 0.163. The lowest BCUT2D eigenvalue weighted by Gasteiger charge is -2.28. The number of hydrogen-bond acceptors (Lipinski definition) is 6. The summed E-state index contributed by atoms with van der Waals surface area (Å²) in [5, 5.41) is 24.9. The van der Waals surface area contributed by atoms with Gasteiger partial charge in [-0.15, -0.1) is 0 Å². The van der Waals surface area contributed by atoms with Gasteiger partial charge in [-0.05, 0) is 109 Å². The standard InChI is InChI=1S/C17H28N2O2.C12H26N2O2.CH4/c1-4-12-19(13-5-2)16(17(20)21)11-8-14-6-9-15(18-3)10-7-14;1-4-9-14(10-5-2)11(12(15)16)7-6-8-13-3;/h6-7,9-10,16,18H,4-5,8,11-13H2,1-3H3,(H,20,21);11,13H,4-10H2,1-3H3,(H,15,16);1H4.